The Balaban J connectivity index is 1.81. The van der Waals surface area contributed by atoms with Crippen molar-refractivity contribution in [3.63, 3.8) is 0 Å². The molecule has 0 spiro atoms. The van der Waals surface area contributed by atoms with E-state index in [9.17, 15) is 4.79 Å². The van der Waals surface area contributed by atoms with Crippen LogP contribution in [0.2, 0.25) is 0 Å². The van der Waals surface area contributed by atoms with E-state index in [1.807, 2.05) is 18.2 Å². The number of nitrogens with two attached hydrogens (primary N) is 1. The number of carbonyl (C=O) groups is 1. The molecule has 104 valence electrons. The number of benzene rings is 1. The number of nitrogens with zero attached hydrogens (tertiary/aromatic N) is 2. The minimum Gasteiger partial charge on any atom is -0.486 e. The second-order valence-electron chi connectivity index (χ2n) is 4.84. The molecule has 1 aromatic carbocycles. The van der Waals surface area contributed by atoms with Gasteiger partial charge in [-0.1, -0.05) is 6.07 Å². The molecule has 6 nitrogen and oxygen atoms in total. The highest BCUT2D eigenvalue weighted by Crippen LogP contribution is 2.29. The van der Waals surface area contributed by atoms with Gasteiger partial charge in [0.1, 0.15) is 11.9 Å². The Hall–Kier alpha value is -2.50. The molecule has 1 amide bonds. The van der Waals surface area contributed by atoms with Crippen molar-refractivity contribution in [3.05, 3.63) is 30.5 Å². The first-order chi connectivity index (χ1) is 9.63. The lowest BCUT2D eigenvalue weighted by atomic mass is 10.2. The molecule has 1 saturated heterocycles. The molecule has 0 saturated carbocycles. The van der Waals surface area contributed by atoms with E-state index in [0.29, 0.717) is 30.9 Å². The van der Waals surface area contributed by atoms with E-state index in [1.165, 1.54) is 4.90 Å². The van der Waals surface area contributed by atoms with Crippen molar-refractivity contribution in [1.29, 1.82) is 0 Å². The average molecular weight is 273 g/mol. The number of carboxylic acid groups (broad SMARTS) is 1. The summed E-state index contributed by atoms with van der Waals surface area (Å²) in [5, 5.41) is 9.88. The fourth-order valence-corrected chi connectivity index (χ4v) is 2.40. The van der Waals surface area contributed by atoms with E-state index in [0.717, 1.165) is 10.9 Å². The second kappa shape index (κ2) is 4.88. The summed E-state index contributed by atoms with van der Waals surface area (Å²) in [6, 6.07) is 7.41. The molecular weight excluding hydrogens is 258 g/mol. The highest BCUT2D eigenvalue weighted by molar-refractivity contribution is 5.84. The molecule has 2 aromatic rings. The van der Waals surface area contributed by atoms with Gasteiger partial charge in [-0.2, -0.15) is 0 Å². The van der Waals surface area contributed by atoms with Gasteiger partial charge in [-0.25, -0.2) is 4.79 Å². The lowest BCUT2D eigenvalue weighted by Gasteiger charge is -2.16. The maximum Gasteiger partial charge on any atom is 0.407 e. The van der Waals surface area contributed by atoms with Crippen LogP contribution in [-0.4, -0.2) is 40.3 Å². The molecule has 1 aliphatic rings. The molecule has 20 heavy (non-hydrogen) atoms. The van der Waals surface area contributed by atoms with E-state index in [-0.39, 0.29) is 6.10 Å². The molecule has 0 radical (unpaired) electrons. The van der Waals surface area contributed by atoms with Crippen molar-refractivity contribution in [3.8, 4) is 5.75 Å². The van der Waals surface area contributed by atoms with Crippen LogP contribution in [0.25, 0.3) is 10.9 Å². The molecule has 1 aliphatic heterocycles. The van der Waals surface area contributed by atoms with Crippen LogP contribution in [0.3, 0.4) is 0 Å². The number of anilines is 1. The highest BCUT2D eigenvalue weighted by Gasteiger charge is 2.27. The molecule has 0 aliphatic carbocycles. The normalized spacial score (nSPS) is 18.4. The predicted molar refractivity (Wildman–Crippen MR) is 74.8 cm³/mol. The quantitative estimate of drug-likeness (QED) is 0.816. The molecule has 1 fully saturated rings. The largest absolute Gasteiger partial charge is 0.486 e. The number of fused-ring (bicyclic) bond motifs is 1. The van der Waals surface area contributed by atoms with Crippen molar-refractivity contribution in [1.82, 2.24) is 9.88 Å². The lowest BCUT2D eigenvalue weighted by Crippen LogP contribution is -2.29. The summed E-state index contributed by atoms with van der Waals surface area (Å²) in [4.78, 5) is 16.5. The Bertz CT molecular complexity index is 659. The smallest absolute Gasteiger partial charge is 0.407 e. The standard InChI is InChI=1S/C14H15N3O3/c15-11-6-9-2-1-4-16-12(9)7-13(11)20-10-3-5-17(8-10)14(18)19/h1-2,4,6-7,10H,3,5,8,15H2,(H,18,19). The Morgan fingerprint density at radius 2 is 2.35 bits per heavy atom. The monoisotopic (exact) mass is 273 g/mol. The number of hydrogen-bond donors (Lipinski definition) is 2. The highest BCUT2D eigenvalue weighted by atomic mass is 16.5. The van der Waals surface area contributed by atoms with Crippen molar-refractivity contribution in [2.24, 2.45) is 0 Å². The van der Waals surface area contributed by atoms with Crippen molar-refractivity contribution < 1.29 is 14.6 Å². The van der Waals surface area contributed by atoms with Gasteiger partial charge in [-0.3, -0.25) is 4.98 Å². The molecule has 0 bridgehead atoms. The average Bonchev–Trinajstić information content (AvgIpc) is 2.88. The van der Waals surface area contributed by atoms with Gasteiger partial charge in [0.2, 0.25) is 0 Å². The number of aromatic nitrogens is 1. The number of pyridine rings is 1. The Morgan fingerprint density at radius 1 is 1.50 bits per heavy atom. The molecular formula is C14H15N3O3. The van der Waals surface area contributed by atoms with Crippen LogP contribution in [0.5, 0.6) is 5.75 Å². The summed E-state index contributed by atoms with van der Waals surface area (Å²) < 4.78 is 5.82. The maximum atomic E-state index is 10.9. The third kappa shape index (κ3) is 2.32. The first kappa shape index (κ1) is 12.5. The fourth-order valence-electron chi connectivity index (χ4n) is 2.40. The summed E-state index contributed by atoms with van der Waals surface area (Å²) in [6.07, 6.45) is 1.31. The van der Waals surface area contributed by atoms with E-state index < -0.39 is 6.09 Å². The topological polar surface area (TPSA) is 88.7 Å². The molecule has 6 heteroatoms. The van der Waals surface area contributed by atoms with Crippen LogP contribution in [0.15, 0.2) is 30.5 Å². The number of ether oxygens (including phenoxy) is 1. The summed E-state index contributed by atoms with van der Waals surface area (Å²) >= 11 is 0. The number of hydrogen-bond acceptors (Lipinski definition) is 4. The van der Waals surface area contributed by atoms with Crippen LogP contribution in [0, 0.1) is 0 Å². The number of nitrogen functional groups attached to an aromatic ring is 1. The van der Waals surface area contributed by atoms with Crippen LogP contribution in [-0.2, 0) is 0 Å². The zero-order valence-corrected chi connectivity index (χ0v) is 10.8. The van der Waals surface area contributed by atoms with Crippen LogP contribution >= 0.6 is 0 Å². The van der Waals surface area contributed by atoms with Crippen LogP contribution in [0.4, 0.5) is 10.5 Å². The Kier molecular flexibility index (Phi) is 3.06. The molecule has 1 aromatic heterocycles. The van der Waals surface area contributed by atoms with Gasteiger partial charge in [0.05, 0.1) is 17.7 Å². The second-order valence-corrected chi connectivity index (χ2v) is 4.84. The SMILES string of the molecule is Nc1cc2cccnc2cc1OC1CCN(C(=O)O)C1. The summed E-state index contributed by atoms with van der Waals surface area (Å²) in [5.74, 6) is 0.563. The zero-order valence-electron chi connectivity index (χ0n) is 10.8. The first-order valence-electron chi connectivity index (χ1n) is 6.42. The van der Waals surface area contributed by atoms with Gasteiger partial charge in [0.25, 0.3) is 0 Å². The van der Waals surface area contributed by atoms with Gasteiger partial charge in [-0.15, -0.1) is 0 Å². The van der Waals surface area contributed by atoms with Crippen LogP contribution in [0.1, 0.15) is 6.42 Å². The molecule has 3 rings (SSSR count). The maximum absolute atomic E-state index is 10.9. The third-order valence-electron chi connectivity index (χ3n) is 3.44. The zero-order chi connectivity index (χ0) is 14.1. The number of rotatable bonds is 2. The molecule has 2 heterocycles. The van der Waals surface area contributed by atoms with Gasteiger partial charge in [0, 0.05) is 30.6 Å². The molecule has 1 atom stereocenters. The van der Waals surface area contributed by atoms with Crippen molar-refractivity contribution in [2.75, 3.05) is 18.8 Å². The van der Waals surface area contributed by atoms with Gasteiger partial charge >= 0.3 is 6.09 Å². The number of amides is 1. The van der Waals surface area contributed by atoms with E-state index in [4.69, 9.17) is 15.6 Å². The summed E-state index contributed by atoms with van der Waals surface area (Å²) in [6.45, 7) is 0.862. The van der Waals surface area contributed by atoms with Gasteiger partial charge in [-0.05, 0) is 12.1 Å². The van der Waals surface area contributed by atoms with E-state index in [2.05, 4.69) is 4.98 Å². The Morgan fingerprint density at radius 3 is 3.10 bits per heavy atom. The van der Waals surface area contributed by atoms with Gasteiger partial charge < -0.3 is 20.5 Å². The molecule has 3 N–H and O–H groups in total. The lowest BCUT2D eigenvalue weighted by molar-refractivity contribution is 0.146. The minimum atomic E-state index is -0.913. The Labute approximate surface area is 115 Å². The third-order valence-corrected chi connectivity index (χ3v) is 3.44. The minimum absolute atomic E-state index is 0.158. The first-order valence-corrected chi connectivity index (χ1v) is 6.42. The van der Waals surface area contributed by atoms with E-state index in [1.54, 1.807) is 12.3 Å². The predicted octanol–water partition coefficient (Wildman–Crippen LogP) is 1.95. The number of likely N-dealkylation sites (tertiary alicyclic amines) is 1. The van der Waals surface area contributed by atoms with Crippen LogP contribution < -0.4 is 10.5 Å². The van der Waals surface area contributed by atoms with Gasteiger partial charge in [0.15, 0.2) is 0 Å². The summed E-state index contributed by atoms with van der Waals surface area (Å²) in [7, 11) is 0. The molecule has 1 unspecified atom stereocenters. The summed E-state index contributed by atoms with van der Waals surface area (Å²) in [5.41, 5.74) is 7.33. The fraction of sp³-hybridized carbons (Fsp3) is 0.286. The van der Waals surface area contributed by atoms with Crippen molar-refractivity contribution in [2.45, 2.75) is 12.5 Å². The van der Waals surface area contributed by atoms with E-state index >= 15 is 0 Å². The van der Waals surface area contributed by atoms with Crippen molar-refractivity contribution >= 4 is 22.7 Å².